The second-order valence-electron chi connectivity index (χ2n) is 4.56. The van der Waals surface area contributed by atoms with Crippen molar-refractivity contribution in [1.82, 2.24) is 4.90 Å². The van der Waals surface area contributed by atoms with E-state index < -0.39 is 18.1 Å². The lowest BCUT2D eigenvalue weighted by Crippen LogP contribution is -2.53. The van der Waals surface area contributed by atoms with Gasteiger partial charge < -0.3 is 14.7 Å². The zero-order valence-corrected chi connectivity index (χ0v) is 10.7. The fraction of sp³-hybridized carbons (Fsp3) is 0.833. The third-order valence-corrected chi connectivity index (χ3v) is 3.56. The molecule has 1 amide bonds. The van der Waals surface area contributed by atoms with E-state index in [9.17, 15) is 14.7 Å². The summed E-state index contributed by atoms with van der Waals surface area (Å²) in [5.74, 6) is -0.743. The fourth-order valence-corrected chi connectivity index (χ4v) is 2.24. The summed E-state index contributed by atoms with van der Waals surface area (Å²) in [6, 6.07) is -0.696. The van der Waals surface area contributed by atoms with Crippen LogP contribution in [-0.4, -0.2) is 47.7 Å². The van der Waals surface area contributed by atoms with Crippen molar-refractivity contribution in [2.45, 2.75) is 45.3 Å². The Kier molecular flexibility index (Phi) is 4.93. The van der Waals surface area contributed by atoms with Crippen molar-refractivity contribution in [2.24, 2.45) is 5.92 Å². The monoisotopic (exact) mass is 243 g/mol. The van der Waals surface area contributed by atoms with Gasteiger partial charge in [0.05, 0.1) is 0 Å². The molecule has 0 bridgehead atoms. The van der Waals surface area contributed by atoms with Crippen LogP contribution in [0.4, 0.5) is 0 Å². The normalized spacial score (nSPS) is 26.6. The summed E-state index contributed by atoms with van der Waals surface area (Å²) in [7, 11) is 1.46. The topological polar surface area (TPSA) is 66.8 Å². The van der Waals surface area contributed by atoms with Crippen molar-refractivity contribution in [2.75, 3.05) is 13.7 Å². The molecule has 0 aromatic carbocycles. The first kappa shape index (κ1) is 14.0. The maximum Gasteiger partial charge on any atom is 0.326 e. The van der Waals surface area contributed by atoms with Crippen LogP contribution in [0.5, 0.6) is 0 Å². The van der Waals surface area contributed by atoms with Gasteiger partial charge in [0.1, 0.15) is 12.1 Å². The molecule has 0 radical (unpaired) electrons. The van der Waals surface area contributed by atoms with Crippen molar-refractivity contribution in [3.8, 4) is 0 Å². The quantitative estimate of drug-likeness (QED) is 0.803. The van der Waals surface area contributed by atoms with Crippen LogP contribution in [0.3, 0.4) is 0 Å². The highest BCUT2D eigenvalue weighted by atomic mass is 16.5. The zero-order chi connectivity index (χ0) is 13.0. The first-order valence-electron chi connectivity index (χ1n) is 6.07. The van der Waals surface area contributed by atoms with Crippen LogP contribution in [0.15, 0.2) is 0 Å². The standard InChI is InChI=1S/C12H21NO4/c1-4-9-5-6-13(10(7-9)12(15)16)11(14)8(2)17-3/h8-10H,4-7H2,1-3H3,(H,15,16). The van der Waals surface area contributed by atoms with Gasteiger partial charge in [0, 0.05) is 13.7 Å². The van der Waals surface area contributed by atoms with Gasteiger partial charge in [-0.1, -0.05) is 13.3 Å². The largest absolute Gasteiger partial charge is 0.480 e. The summed E-state index contributed by atoms with van der Waals surface area (Å²) in [6.07, 6.45) is 1.82. The molecule has 0 spiro atoms. The number of aliphatic carboxylic acids is 1. The van der Waals surface area contributed by atoms with Crippen LogP contribution in [0, 0.1) is 5.92 Å². The summed E-state index contributed by atoms with van der Waals surface area (Å²) in [5.41, 5.74) is 0. The predicted octanol–water partition coefficient (Wildman–Crippen LogP) is 1.12. The van der Waals surface area contributed by atoms with Gasteiger partial charge in [0.2, 0.25) is 0 Å². The van der Waals surface area contributed by atoms with Gasteiger partial charge >= 0.3 is 5.97 Å². The molecule has 1 aliphatic rings. The Bertz CT molecular complexity index is 292. The molecule has 1 heterocycles. The average Bonchev–Trinajstić information content (AvgIpc) is 2.35. The summed E-state index contributed by atoms with van der Waals surface area (Å²) in [4.78, 5) is 24.6. The van der Waals surface area contributed by atoms with Gasteiger partial charge in [0.15, 0.2) is 0 Å². The molecule has 3 atom stereocenters. The molecule has 1 aliphatic heterocycles. The third kappa shape index (κ3) is 3.19. The smallest absolute Gasteiger partial charge is 0.326 e. The van der Waals surface area contributed by atoms with E-state index in [-0.39, 0.29) is 5.91 Å². The van der Waals surface area contributed by atoms with Crippen LogP contribution in [0.1, 0.15) is 33.1 Å². The van der Waals surface area contributed by atoms with Crippen molar-refractivity contribution >= 4 is 11.9 Å². The van der Waals surface area contributed by atoms with E-state index in [1.54, 1.807) is 6.92 Å². The van der Waals surface area contributed by atoms with E-state index in [0.717, 1.165) is 12.8 Å². The number of methoxy groups -OCH3 is 1. The van der Waals surface area contributed by atoms with Crippen molar-refractivity contribution in [1.29, 1.82) is 0 Å². The minimum Gasteiger partial charge on any atom is -0.480 e. The molecule has 1 N–H and O–H groups in total. The SMILES string of the molecule is CCC1CCN(C(=O)C(C)OC)C(C(=O)O)C1. The molecule has 1 saturated heterocycles. The molecule has 5 nitrogen and oxygen atoms in total. The van der Waals surface area contributed by atoms with Gasteiger partial charge in [-0.25, -0.2) is 4.79 Å². The Morgan fingerprint density at radius 1 is 1.53 bits per heavy atom. The molecule has 98 valence electrons. The molecule has 0 aliphatic carbocycles. The number of carboxylic acid groups (broad SMARTS) is 1. The number of carboxylic acids is 1. The number of rotatable bonds is 4. The van der Waals surface area contributed by atoms with Crippen molar-refractivity contribution in [3.63, 3.8) is 0 Å². The van der Waals surface area contributed by atoms with Crippen LogP contribution >= 0.6 is 0 Å². The van der Waals surface area contributed by atoms with Crippen molar-refractivity contribution in [3.05, 3.63) is 0 Å². The van der Waals surface area contributed by atoms with E-state index in [4.69, 9.17) is 4.74 Å². The number of hydrogen-bond acceptors (Lipinski definition) is 3. The van der Waals surface area contributed by atoms with Crippen LogP contribution in [-0.2, 0) is 14.3 Å². The van der Waals surface area contributed by atoms with E-state index in [1.807, 2.05) is 0 Å². The summed E-state index contributed by atoms with van der Waals surface area (Å²) in [6.45, 7) is 4.22. The Hall–Kier alpha value is -1.10. The van der Waals surface area contributed by atoms with Crippen molar-refractivity contribution < 1.29 is 19.4 Å². The van der Waals surface area contributed by atoms with E-state index in [2.05, 4.69) is 6.92 Å². The number of amides is 1. The number of piperidine rings is 1. The molecule has 5 heteroatoms. The summed E-state index contributed by atoms with van der Waals surface area (Å²) >= 11 is 0. The average molecular weight is 243 g/mol. The fourth-order valence-electron chi connectivity index (χ4n) is 2.24. The van der Waals surface area contributed by atoms with E-state index in [1.165, 1.54) is 12.0 Å². The molecule has 1 fully saturated rings. The van der Waals surface area contributed by atoms with Gasteiger partial charge in [-0.2, -0.15) is 0 Å². The molecule has 0 aromatic heterocycles. The highest BCUT2D eigenvalue weighted by Gasteiger charge is 2.37. The summed E-state index contributed by atoms with van der Waals surface area (Å²) < 4.78 is 4.96. The number of hydrogen-bond donors (Lipinski definition) is 1. The van der Waals surface area contributed by atoms with Gasteiger partial charge in [-0.3, -0.25) is 4.79 Å². The zero-order valence-electron chi connectivity index (χ0n) is 10.7. The molecule has 1 rings (SSSR count). The number of carbonyl (C=O) groups excluding carboxylic acids is 1. The molecular weight excluding hydrogens is 222 g/mol. The molecule has 0 aromatic rings. The number of carbonyl (C=O) groups is 2. The second-order valence-corrected chi connectivity index (χ2v) is 4.56. The van der Waals surface area contributed by atoms with Gasteiger partial charge in [-0.05, 0) is 25.7 Å². The lowest BCUT2D eigenvalue weighted by molar-refractivity contribution is -0.157. The number of ether oxygens (including phenoxy) is 1. The minimum absolute atomic E-state index is 0.227. The van der Waals surface area contributed by atoms with Crippen LogP contribution < -0.4 is 0 Å². The molecule has 17 heavy (non-hydrogen) atoms. The number of nitrogens with zero attached hydrogens (tertiary/aromatic N) is 1. The lowest BCUT2D eigenvalue weighted by Gasteiger charge is -2.37. The van der Waals surface area contributed by atoms with Gasteiger partial charge in [-0.15, -0.1) is 0 Å². The molecule has 3 unspecified atom stereocenters. The molecular formula is C12H21NO4. The maximum absolute atomic E-state index is 12.0. The highest BCUT2D eigenvalue weighted by molar-refractivity contribution is 5.86. The Morgan fingerprint density at radius 3 is 2.65 bits per heavy atom. The summed E-state index contributed by atoms with van der Waals surface area (Å²) in [5, 5.41) is 9.19. The van der Waals surface area contributed by atoms with E-state index in [0.29, 0.717) is 18.9 Å². The second kappa shape index (κ2) is 6.00. The Balaban J connectivity index is 2.76. The number of likely N-dealkylation sites (tertiary alicyclic amines) is 1. The van der Waals surface area contributed by atoms with Crippen LogP contribution in [0.25, 0.3) is 0 Å². The maximum atomic E-state index is 12.0. The third-order valence-electron chi connectivity index (χ3n) is 3.56. The predicted molar refractivity (Wildman–Crippen MR) is 62.6 cm³/mol. The van der Waals surface area contributed by atoms with E-state index >= 15 is 0 Å². The minimum atomic E-state index is -0.917. The Labute approximate surface area is 102 Å². The first-order chi connectivity index (χ1) is 8.01. The van der Waals surface area contributed by atoms with Gasteiger partial charge in [0.25, 0.3) is 5.91 Å². The first-order valence-corrected chi connectivity index (χ1v) is 6.07. The van der Waals surface area contributed by atoms with Crippen LogP contribution in [0.2, 0.25) is 0 Å². The molecule has 0 saturated carbocycles. The Morgan fingerprint density at radius 2 is 2.18 bits per heavy atom. The highest BCUT2D eigenvalue weighted by Crippen LogP contribution is 2.26. The lowest BCUT2D eigenvalue weighted by atomic mass is 9.88.